The quantitative estimate of drug-likeness (QED) is 0.513. The fourth-order valence-electron chi connectivity index (χ4n) is 2.09. The van der Waals surface area contributed by atoms with Crippen molar-refractivity contribution in [2.75, 3.05) is 5.75 Å². The summed E-state index contributed by atoms with van der Waals surface area (Å²) in [4.78, 5) is 9.55. The predicted molar refractivity (Wildman–Crippen MR) is 76.3 cm³/mol. The molecule has 1 aliphatic heterocycles. The van der Waals surface area contributed by atoms with Gasteiger partial charge in [-0.1, -0.05) is 23.4 Å². The molecule has 0 spiro atoms. The van der Waals surface area contributed by atoms with Gasteiger partial charge in [0.1, 0.15) is 6.34 Å². The number of nitrogens with one attached hydrogen (secondary N) is 1. The van der Waals surface area contributed by atoms with Crippen LogP contribution in [0.1, 0.15) is 17.9 Å². The smallest absolute Gasteiger partial charge is 0.255 e. The van der Waals surface area contributed by atoms with Gasteiger partial charge in [-0.3, -0.25) is 10.7 Å². The minimum atomic E-state index is 0.465. The van der Waals surface area contributed by atoms with E-state index in [-0.39, 0.29) is 0 Å². The molecule has 1 aliphatic rings. The summed E-state index contributed by atoms with van der Waals surface area (Å²) >= 11 is 1.76. The molecule has 0 fully saturated rings. The summed E-state index contributed by atoms with van der Waals surface area (Å²) in [6, 6.07) is 8.00. The normalized spacial score (nSPS) is 15.2. The standard InChI is InChI=1S/C13H12N4O2S/c18-16-7-14-12-9-3-1-2-4-11(9)20-6-5-10(12)13-15-8-17-19-13/h1-4,7-8,18H,5-6H2,(H,14,16). The fourth-order valence-corrected chi connectivity index (χ4v) is 3.11. The van der Waals surface area contributed by atoms with E-state index in [1.54, 1.807) is 11.8 Å². The largest absolute Gasteiger partial charge is 0.335 e. The molecule has 7 heteroatoms. The van der Waals surface area contributed by atoms with Crippen LogP contribution in [0.4, 0.5) is 0 Å². The zero-order chi connectivity index (χ0) is 13.8. The highest BCUT2D eigenvalue weighted by Gasteiger charge is 2.21. The maximum Gasteiger partial charge on any atom is 0.255 e. The van der Waals surface area contributed by atoms with Crippen LogP contribution in [0.5, 0.6) is 0 Å². The van der Waals surface area contributed by atoms with E-state index in [2.05, 4.69) is 21.2 Å². The van der Waals surface area contributed by atoms with Crippen LogP contribution in [0.3, 0.4) is 0 Å². The van der Waals surface area contributed by atoms with Gasteiger partial charge in [-0.2, -0.15) is 4.98 Å². The van der Waals surface area contributed by atoms with Gasteiger partial charge in [0, 0.05) is 21.8 Å². The van der Waals surface area contributed by atoms with Crippen molar-refractivity contribution in [1.29, 1.82) is 0 Å². The van der Waals surface area contributed by atoms with E-state index in [1.165, 1.54) is 12.7 Å². The van der Waals surface area contributed by atoms with E-state index in [9.17, 15) is 0 Å². The van der Waals surface area contributed by atoms with E-state index in [1.807, 2.05) is 23.7 Å². The average molecular weight is 288 g/mol. The zero-order valence-corrected chi connectivity index (χ0v) is 11.3. The molecule has 2 heterocycles. The second-order valence-electron chi connectivity index (χ2n) is 4.06. The molecule has 0 saturated heterocycles. The van der Waals surface area contributed by atoms with Crippen LogP contribution in [-0.2, 0) is 0 Å². The SMILES string of the molecule is ONC=NC1=C(c2ncno2)CCSc2ccccc21. The van der Waals surface area contributed by atoms with Crippen molar-refractivity contribution >= 4 is 29.4 Å². The van der Waals surface area contributed by atoms with Gasteiger partial charge in [0.2, 0.25) is 0 Å². The van der Waals surface area contributed by atoms with Crippen molar-refractivity contribution < 1.29 is 9.73 Å². The lowest BCUT2D eigenvalue weighted by atomic mass is 10.0. The Hall–Kier alpha value is -2.12. The topological polar surface area (TPSA) is 83.5 Å². The first-order valence-corrected chi connectivity index (χ1v) is 7.03. The highest BCUT2D eigenvalue weighted by atomic mass is 32.2. The average Bonchev–Trinajstić information content (AvgIpc) is 2.94. The van der Waals surface area contributed by atoms with E-state index in [0.717, 1.165) is 33.9 Å². The number of allylic oxidation sites excluding steroid dienone is 1. The highest BCUT2D eigenvalue weighted by Crippen LogP contribution is 2.39. The fraction of sp³-hybridized carbons (Fsp3) is 0.154. The minimum absolute atomic E-state index is 0.465. The summed E-state index contributed by atoms with van der Waals surface area (Å²) in [5.41, 5.74) is 4.54. The Morgan fingerprint density at radius 2 is 2.30 bits per heavy atom. The molecule has 0 radical (unpaired) electrons. The van der Waals surface area contributed by atoms with Gasteiger partial charge in [-0.25, -0.2) is 4.99 Å². The molecular weight excluding hydrogens is 276 g/mol. The van der Waals surface area contributed by atoms with Crippen LogP contribution in [0.15, 0.2) is 45.0 Å². The molecule has 102 valence electrons. The van der Waals surface area contributed by atoms with Crippen molar-refractivity contribution in [1.82, 2.24) is 15.6 Å². The number of aromatic nitrogens is 2. The second kappa shape index (κ2) is 5.89. The Labute approximate surface area is 119 Å². The summed E-state index contributed by atoms with van der Waals surface area (Å²) in [6.07, 6.45) is 3.37. The van der Waals surface area contributed by atoms with Gasteiger partial charge in [0.05, 0.1) is 5.70 Å². The van der Waals surface area contributed by atoms with Crippen molar-refractivity contribution in [3.05, 3.63) is 42.0 Å². The molecule has 0 saturated carbocycles. The highest BCUT2D eigenvalue weighted by molar-refractivity contribution is 7.99. The Bertz CT molecular complexity index is 652. The summed E-state index contributed by atoms with van der Waals surface area (Å²) in [7, 11) is 0. The van der Waals surface area contributed by atoms with Gasteiger partial charge < -0.3 is 4.52 Å². The molecule has 0 bridgehead atoms. The predicted octanol–water partition coefficient (Wildman–Crippen LogP) is 2.44. The molecular formula is C13H12N4O2S. The Morgan fingerprint density at radius 1 is 1.40 bits per heavy atom. The first-order chi connectivity index (χ1) is 9.90. The van der Waals surface area contributed by atoms with Crippen LogP contribution in [0, 0.1) is 0 Å². The third kappa shape index (κ3) is 2.45. The summed E-state index contributed by atoms with van der Waals surface area (Å²) < 4.78 is 5.17. The second-order valence-corrected chi connectivity index (χ2v) is 5.19. The molecule has 2 N–H and O–H groups in total. The van der Waals surface area contributed by atoms with Crippen LogP contribution in [0.2, 0.25) is 0 Å². The number of benzene rings is 1. The number of aliphatic imine (C=N–C) groups is 1. The maximum atomic E-state index is 8.75. The van der Waals surface area contributed by atoms with Gasteiger partial charge in [-0.05, 0) is 12.5 Å². The molecule has 1 aromatic carbocycles. The molecule has 0 amide bonds. The lowest BCUT2D eigenvalue weighted by Crippen LogP contribution is -2.03. The number of hydroxylamine groups is 1. The van der Waals surface area contributed by atoms with E-state index in [0.29, 0.717) is 5.89 Å². The third-order valence-corrected chi connectivity index (χ3v) is 3.98. The first kappa shape index (κ1) is 12.9. The monoisotopic (exact) mass is 288 g/mol. The Balaban J connectivity index is 2.19. The number of nitrogens with zero attached hydrogens (tertiary/aromatic N) is 3. The number of thioether (sulfide) groups is 1. The van der Waals surface area contributed by atoms with Crippen LogP contribution >= 0.6 is 11.8 Å². The van der Waals surface area contributed by atoms with E-state index in [4.69, 9.17) is 9.73 Å². The Kier molecular flexibility index (Phi) is 3.80. The number of fused-ring (bicyclic) bond motifs is 1. The number of hydrogen-bond acceptors (Lipinski definition) is 6. The van der Waals surface area contributed by atoms with Crippen molar-refractivity contribution in [3.63, 3.8) is 0 Å². The van der Waals surface area contributed by atoms with E-state index < -0.39 is 0 Å². The number of rotatable bonds is 3. The van der Waals surface area contributed by atoms with Gasteiger partial charge >= 0.3 is 0 Å². The molecule has 0 aliphatic carbocycles. The summed E-state index contributed by atoms with van der Waals surface area (Å²) in [6.45, 7) is 0. The first-order valence-electron chi connectivity index (χ1n) is 6.04. The maximum absolute atomic E-state index is 8.75. The molecule has 1 aromatic heterocycles. The third-order valence-electron chi connectivity index (χ3n) is 2.91. The lowest BCUT2D eigenvalue weighted by molar-refractivity contribution is 0.240. The van der Waals surface area contributed by atoms with Crippen molar-refractivity contribution in [2.24, 2.45) is 4.99 Å². The van der Waals surface area contributed by atoms with Gasteiger partial charge in [0.25, 0.3) is 5.89 Å². The molecule has 20 heavy (non-hydrogen) atoms. The molecule has 0 atom stereocenters. The van der Waals surface area contributed by atoms with E-state index >= 15 is 0 Å². The van der Waals surface area contributed by atoms with Crippen LogP contribution < -0.4 is 5.48 Å². The Morgan fingerprint density at radius 3 is 3.10 bits per heavy atom. The van der Waals surface area contributed by atoms with Crippen LogP contribution in [0.25, 0.3) is 11.3 Å². The summed E-state index contributed by atoms with van der Waals surface area (Å²) in [5, 5.41) is 12.4. The molecule has 3 rings (SSSR count). The number of hydrogen-bond donors (Lipinski definition) is 2. The molecule has 6 nitrogen and oxygen atoms in total. The van der Waals surface area contributed by atoms with Crippen molar-refractivity contribution in [2.45, 2.75) is 11.3 Å². The minimum Gasteiger partial charge on any atom is -0.335 e. The van der Waals surface area contributed by atoms with Crippen molar-refractivity contribution in [3.8, 4) is 0 Å². The zero-order valence-electron chi connectivity index (χ0n) is 10.5. The van der Waals surface area contributed by atoms with Gasteiger partial charge in [0.15, 0.2) is 6.33 Å². The van der Waals surface area contributed by atoms with Gasteiger partial charge in [-0.15, -0.1) is 11.8 Å². The lowest BCUT2D eigenvalue weighted by Gasteiger charge is -2.07. The molecule has 2 aromatic rings. The van der Waals surface area contributed by atoms with Crippen LogP contribution in [-0.4, -0.2) is 27.4 Å². The molecule has 0 unspecified atom stereocenters. The summed E-state index contributed by atoms with van der Waals surface area (Å²) in [5.74, 6) is 1.37.